The normalized spacial score (nSPS) is 21.2. The van der Waals surface area contributed by atoms with Crippen LogP contribution in [0.5, 0.6) is 5.75 Å². The Hall–Kier alpha value is -3.16. The molecule has 0 spiro atoms. The summed E-state index contributed by atoms with van der Waals surface area (Å²) in [6.45, 7) is 3.64. The zero-order chi connectivity index (χ0) is 29.0. The van der Waals surface area contributed by atoms with Crippen LogP contribution in [-0.2, 0) is 17.1 Å². The standard InChI is InChI=1S/C27H40N6O6S/c1-18-13-33(19(2)16-34)26(35)22-12-21(30-27(36)29-20-8-6-5-7-9-20)10-11-23(22)39-24(18)14-32(4)40(37,38)25-15-31(3)17-28-25/h10-12,15,17-20,24,34H,5-9,13-14,16H2,1-4H3,(H2,29,30,36)/t18-,19+,24-/m1/s1. The Morgan fingerprint density at radius 3 is 2.65 bits per heavy atom. The predicted octanol–water partition coefficient (Wildman–Crippen LogP) is 2.42. The van der Waals surface area contributed by atoms with Gasteiger partial charge >= 0.3 is 6.03 Å². The molecule has 1 aliphatic heterocycles. The molecule has 1 aliphatic carbocycles. The van der Waals surface area contributed by atoms with Gasteiger partial charge in [0, 0.05) is 44.5 Å². The van der Waals surface area contributed by atoms with E-state index in [-0.39, 0.29) is 59.9 Å². The maximum Gasteiger partial charge on any atom is 0.319 e. The number of sulfonamides is 1. The number of aliphatic hydroxyl groups excluding tert-OH is 1. The van der Waals surface area contributed by atoms with Crippen molar-refractivity contribution in [3.63, 3.8) is 0 Å². The van der Waals surface area contributed by atoms with E-state index in [2.05, 4.69) is 15.6 Å². The number of ether oxygens (including phenoxy) is 1. The number of nitrogens with one attached hydrogen (secondary N) is 2. The minimum Gasteiger partial charge on any atom is -0.488 e. The molecule has 2 heterocycles. The van der Waals surface area contributed by atoms with Crippen molar-refractivity contribution in [3.05, 3.63) is 36.3 Å². The third kappa shape index (κ3) is 6.76. The highest BCUT2D eigenvalue weighted by Crippen LogP contribution is 2.31. The minimum absolute atomic E-state index is 0.0127. The molecule has 3 amide bonds. The average molecular weight is 577 g/mol. The summed E-state index contributed by atoms with van der Waals surface area (Å²) >= 11 is 0. The number of aliphatic hydroxyl groups is 1. The molecule has 13 heteroatoms. The van der Waals surface area contributed by atoms with E-state index in [1.165, 1.54) is 30.3 Å². The lowest BCUT2D eigenvalue weighted by Crippen LogP contribution is -2.50. The van der Waals surface area contributed by atoms with Gasteiger partial charge in [-0.25, -0.2) is 18.2 Å². The maximum absolute atomic E-state index is 13.7. The number of aryl methyl sites for hydroxylation is 1. The lowest BCUT2D eigenvalue weighted by Gasteiger charge is -2.38. The third-order valence-corrected chi connectivity index (χ3v) is 9.37. The number of urea groups is 1. The van der Waals surface area contributed by atoms with Crippen LogP contribution in [0.4, 0.5) is 10.5 Å². The molecule has 1 saturated carbocycles. The van der Waals surface area contributed by atoms with E-state index in [4.69, 9.17) is 4.74 Å². The van der Waals surface area contributed by atoms with Crippen molar-refractivity contribution in [1.82, 2.24) is 24.1 Å². The second-order valence-electron chi connectivity index (χ2n) is 10.9. The van der Waals surface area contributed by atoms with Crippen molar-refractivity contribution < 1.29 is 27.9 Å². The number of rotatable bonds is 8. The molecule has 1 aromatic carbocycles. The number of anilines is 1. The Kier molecular flexibility index (Phi) is 9.37. The van der Waals surface area contributed by atoms with Crippen LogP contribution in [0.3, 0.4) is 0 Å². The van der Waals surface area contributed by atoms with E-state index < -0.39 is 22.2 Å². The molecule has 2 aromatic rings. The molecule has 1 aromatic heterocycles. The van der Waals surface area contributed by atoms with Crippen molar-refractivity contribution >= 4 is 27.6 Å². The fraction of sp³-hybridized carbons (Fsp3) is 0.593. The molecule has 4 rings (SSSR count). The number of hydrogen-bond donors (Lipinski definition) is 3. The molecule has 0 saturated heterocycles. The summed E-state index contributed by atoms with van der Waals surface area (Å²) in [7, 11) is -0.708. The van der Waals surface area contributed by atoms with E-state index in [0.717, 1.165) is 25.7 Å². The fourth-order valence-corrected chi connectivity index (χ4v) is 6.29. The van der Waals surface area contributed by atoms with Gasteiger partial charge in [-0.05, 0) is 38.0 Å². The molecule has 220 valence electrons. The van der Waals surface area contributed by atoms with Gasteiger partial charge < -0.3 is 29.9 Å². The van der Waals surface area contributed by atoms with Crippen molar-refractivity contribution in [1.29, 1.82) is 0 Å². The quantitative estimate of drug-likeness (QED) is 0.437. The molecular weight excluding hydrogens is 536 g/mol. The zero-order valence-corrected chi connectivity index (χ0v) is 24.4. The first-order valence-corrected chi connectivity index (χ1v) is 15.2. The first-order chi connectivity index (χ1) is 19.0. The van der Waals surface area contributed by atoms with Crippen LogP contribution in [0.25, 0.3) is 0 Å². The largest absolute Gasteiger partial charge is 0.488 e. The summed E-state index contributed by atoms with van der Waals surface area (Å²) in [5.74, 6) is -0.335. The summed E-state index contributed by atoms with van der Waals surface area (Å²) in [6.07, 6.45) is 7.50. The van der Waals surface area contributed by atoms with Crippen molar-refractivity contribution in [2.24, 2.45) is 13.0 Å². The molecule has 0 radical (unpaired) electrons. The topological polar surface area (TPSA) is 146 Å². The van der Waals surface area contributed by atoms with Gasteiger partial charge in [0.2, 0.25) is 0 Å². The Morgan fingerprint density at radius 2 is 2.00 bits per heavy atom. The number of benzene rings is 1. The number of imidazole rings is 1. The minimum atomic E-state index is -3.87. The van der Waals surface area contributed by atoms with Crippen LogP contribution in [0, 0.1) is 5.92 Å². The number of likely N-dealkylation sites (N-methyl/N-ethyl adjacent to an activating group) is 1. The summed E-state index contributed by atoms with van der Waals surface area (Å²) in [4.78, 5) is 31.9. The number of nitrogens with zero attached hydrogens (tertiary/aromatic N) is 4. The van der Waals surface area contributed by atoms with Gasteiger partial charge in [-0.15, -0.1) is 0 Å². The highest BCUT2D eigenvalue weighted by Gasteiger charge is 2.36. The van der Waals surface area contributed by atoms with Gasteiger partial charge in [0.1, 0.15) is 11.9 Å². The molecule has 3 atom stereocenters. The van der Waals surface area contributed by atoms with E-state index in [0.29, 0.717) is 5.69 Å². The third-order valence-electron chi connectivity index (χ3n) is 7.66. The first-order valence-electron chi connectivity index (χ1n) is 13.7. The SMILES string of the molecule is C[C@@H]1CN([C@@H](C)CO)C(=O)c2cc(NC(=O)NC3CCCCC3)ccc2O[C@@H]1CN(C)S(=O)(=O)c1cn(C)cn1. The van der Waals surface area contributed by atoms with Crippen molar-refractivity contribution in [2.45, 2.75) is 69.2 Å². The number of hydrogen-bond acceptors (Lipinski definition) is 7. The molecule has 12 nitrogen and oxygen atoms in total. The van der Waals surface area contributed by atoms with Gasteiger partial charge in [0.05, 0.1) is 31.1 Å². The van der Waals surface area contributed by atoms with E-state index >= 15 is 0 Å². The van der Waals surface area contributed by atoms with E-state index in [1.807, 2.05) is 6.92 Å². The smallest absolute Gasteiger partial charge is 0.319 e. The second-order valence-corrected chi connectivity index (χ2v) is 12.9. The number of aromatic nitrogens is 2. The first kappa shape index (κ1) is 29.8. The summed E-state index contributed by atoms with van der Waals surface area (Å²) in [5.41, 5.74) is 0.656. The molecular formula is C27H40N6O6S. The highest BCUT2D eigenvalue weighted by atomic mass is 32.2. The van der Waals surface area contributed by atoms with E-state index in [1.54, 1.807) is 41.6 Å². The van der Waals surface area contributed by atoms with Crippen LogP contribution >= 0.6 is 0 Å². The molecule has 40 heavy (non-hydrogen) atoms. The van der Waals surface area contributed by atoms with Crippen LogP contribution in [-0.4, -0.2) is 89.2 Å². The molecule has 0 unspecified atom stereocenters. The maximum atomic E-state index is 13.7. The Balaban J connectivity index is 1.59. The number of fused-ring (bicyclic) bond motifs is 1. The van der Waals surface area contributed by atoms with Gasteiger partial charge in [-0.2, -0.15) is 4.31 Å². The summed E-state index contributed by atoms with van der Waals surface area (Å²) in [5, 5.41) is 15.7. The summed E-state index contributed by atoms with van der Waals surface area (Å²) in [6, 6.07) is 4.15. The lowest BCUT2D eigenvalue weighted by molar-refractivity contribution is 0.0387. The van der Waals surface area contributed by atoms with Gasteiger partial charge in [0.15, 0.2) is 5.03 Å². The Labute approximate surface area is 235 Å². The van der Waals surface area contributed by atoms with Crippen LogP contribution in [0.2, 0.25) is 0 Å². The Bertz CT molecular complexity index is 1310. The lowest BCUT2D eigenvalue weighted by atomic mass is 9.96. The van der Waals surface area contributed by atoms with Crippen molar-refractivity contribution in [3.8, 4) is 5.75 Å². The van der Waals surface area contributed by atoms with Gasteiger partial charge in [0.25, 0.3) is 15.9 Å². The van der Waals surface area contributed by atoms with Gasteiger partial charge in [-0.3, -0.25) is 4.79 Å². The molecule has 0 bridgehead atoms. The molecule has 1 fully saturated rings. The predicted molar refractivity (Wildman–Crippen MR) is 150 cm³/mol. The number of carbonyl (C=O) groups excluding carboxylic acids is 2. The van der Waals surface area contributed by atoms with Crippen LogP contribution < -0.4 is 15.4 Å². The van der Waals surface area contributed by atoms with Crippen molar-refractivity contribution in [2.75, 3.05) is 32.1 Å². The Morgan fingerprint density at radius 1 is 1.27 bits per heavy atom. The average Bonchev–Trinajstić information content (AvgIpc) is 3.38. The number of carbonyl (C=O) groups is 2. The number of amides is 3. The second kappa shape index (κ2) is 12.6. The van der Waals surface area contributed by atoms with Crippen LogP contribution in [0.15, 0.2) is 35.7 Å². The fourth-order valence-electron chi connectivity index (χ4n) is 5.15. The molecule has 2 aliphatic rings. The van der Waals surface area contributed by atoms with Gasteiger partial charge in [-0.1, -0.05) is 26.2 Å². The van der Waals surface area contributed by atoms with Crippen LogP contribution in [0.1, 0.15) is 56.3 Å². The summed E-state index contributed by atoms with van der Waals surface area (Å²) < 4.78 is 35.3. The zero-order valence-electron chi connectivity index (χ0n) is 23.5. The highest BCUT2D eigenvalue weighted by molar-refractivity contribution is 7.89. The monoisotopic (exact) mass is 576 g/mol. The molecule has 3 N–H and O–H groups in total. The van der Waals surface area contributed by atoms with E-state index in [9.17, 15) is 23.1 Å².